The Labute approximate surface area is 117 Å². The third kappa shape index (κ3) is 11.4. The lowest BCUT2D eigenvalue weighted by Crippen LogP contribution is -2.22. The minimum atomic E-state index is -0.833. The average Bonchev–Trinajstić information content (AvgIpc) is 2.75. The molecule has 0 unspecified atom stereocenters. The van der Waals surface area contributed by atoms with Crippen LogP contribution in [0, 0.1) is 0 Å². The molecule has 0 aromatic carbocycles. The second kappa shape index (κ2) is 8.66. The summed E-state index contributed by atoms with van der Waals surface area (Å²) in [6, 6.07) is 3.57. The topological polar surface area (TPSA) is 72.8 Å². The molecule has 1 aromatic rings. The Bertz CT molecular complexity index is 374. The Morgan fingerprint density at radius 3 is 2.32 bits per heavy atom. The molecule has 0 amide bonds. The molecular formula is C13H20O5S. The first-order valence-corrected chi connectivity index (χ1v) is 6.64. The summed E-state index contributed by atoms with van der Waals surface area (Å²) in [6.45, 7) is 7.71. The van der Waals surface area contributed by atoms with Crippen LogP contribution in [-0.2, 0) is 14.3 Å². The smallest absolute Gasteiger partial charge is 0.348 e. The molecule has 19 heavy (non-hydrogen) atoms. The number of hydrogen-bond donors (Lipinski definition) is 1. The second-order valence-corrected chi connectivity index (χ2v) is 5.54. The molecule has 0 saturated carbocycles. The highest BCUT2D eigenvalue weighted by molar-refractivity contribution is 7.11. The maximum absolute atomic E-state index is 11.4. The zero-order chi connectivity index (χ0) is 14.9. The molecule has 0 fully saturated rings. The minimum absolute atomic E-state index is 0.185. The lowest BCUT2D eigenvalue weighted by Gasteiger charge is -2.19. The average molecular weight is 288 g/mol. The molecule has 0 radical (unpaired) electrons. The highest BCUT2D eigenvalue weighted by Crippen LogP contribution is 2.10. The Hall–Kier alpha value is -1.40. The first-order valence-electron chi connectivity index (χ1n) is 5.76. The zero-order valence-corrected chi connectivity index (χ0v) is 12.5. The lowest BCUT2D eigenvalue weighted by molar-refractivity contribution is -0.134. The molecule has 0 aliphatic carbocycles. The van der Waals surface area contributed by atoms with Crippen molar-refractivity contribution in [2.24, 2.45) is 0 Å². The number of carbonyl (C=O) groups is 2. The predicted molar refractivity (Wildman–Crippen MR) is 73.6 cm³/mol. The predicted octanol–water partition coefficient (Wildman–Crippen LogP) is 2.81. The molecule has 1 N–H and O–H groups in total. The van der Waals surface area contributed by atoms with Crippen LogP contribution in [0.2, 0.25) is 0 Å². The summed E-state index contributed by atoms with van der Waals surface area (Å²) in [5.74, 6) is -1.11. The van der Waals surface area contributed by atoms with E-state index < -0.39 is 5.97 Å². The summed E-state index contributed by atoms with van der Waals surface area (Å²) >= 11 is 1.38. The van der Waals surface area contributed by atoms with Crippen LogP contribution in [0.4, 0.5) is 0 Å². The summed E-state index contributed by atoms with van der Waals surface area (Å²) < 4.78 is 10.5. The fraction of sp³-hybridized carbons (Fsp3) is 0.538. The second-order valence-electron chi connectivity index (χ2n) is 4.59. The molecule has 108 valence electrons. The quantitative estimate of drug-likeness (QED) is 0.681. The van der Waals surface area contributed by atoms with Crippen molar-refractivity contribution >= 4 is 23.3 Å². The van der Waals surface area contributed by atoms with Gasteiger partial charge >= 0.3 is 5.97 Å². The van der Waals surface area contributed by atoms with Gasteiger partial charge in [-0.05, 0) is 32.2 Å². The van der Waals surface area contributed by atoms with E-state index in [0.717, 1.165) is 6.92 Å². The van der Waals surface area contributed by atoms with Crippen LogP contribution >= 0.6 is 11.3 Å². The fourth-order valence-electron chi connectivity index (χ4n) is 0.948. The molecule has 6 heteroatoms. The molecule has 0 aliphatic heterocycles. The van der Waals surface area contributed by atoms with Crippen LogP contribution in [0.3, 0.4) is 0 Å². The normalized spacial score (nSPS) is 10.3. The van der Waals surface area contributed by atoms with Gasteiger partial charge in [-0.15, -0.1) is 11.3 Å². The number of thiophene rings is 1. The third-order valence-corrected chi connectivity index (χ3v) is 2.42. The Balaban J connectivity index is 0.000000711. The number of hydrogen-bond acceptors (Lipinski definition) is 5. The maximum Gasteiger partial charge on any atom is 0.348 e. The Morgan fingerprint density at radius 2 is 1.89 bits per heavy atom. The van der Waals surface area contributed by atoms with Crippen molar-refractivity contribution in [1.82, 2.24) is 0 Å². The SMILES string of the molecule is CC(=O)O.CC(C)(C)OCCOC(=O)c1cccs1. The molecule has 5 nitrogen and oxygen atoms in total. The molecule has 1 heterocycles. The van der Waals surface area contributed by atoms with Crippen molar-refractivity contribution in [3.05, 3.63) is 22.4 Å². The Kier molecular flexibility index (Phi) is 8.02. The number of carboxylic acids is 1. The molecule has 1 aromatic heterocycles. The van der Waals surface area contributed by atoms with Gasteiger partial charge in [-0.25, -0.2) is 4.79 Å². The van der Waals surface area contributed by atoms with E-state index in [9.17, 15) is 4.79 Å². The van der Waals surface area contributed by atoms with E-state index >= 15 is 0 Å². The fourth-order valence-corrected chi connectivity index (χ4v) is 1.56. The van der Waals surface area contributed by atoms with Gasteiger partial charge in [-0.3, -0.25) is 4.79 Å². The minimum Gasteiger partial charge on any atom is -0.481 e. The number of ether oxygens (including phenoxy) is 2. The third-order valence-electron chi connectivity index (χ3n) is 1.57. The van der Waals surface area contributed by atoms with Gasteiger partial charge < -0.3 is 14.6 Å². The van der Waals surface area contributed by atoms with Crippen molar-refractivity contribution in [2.45, 2.75) is 33.3 Å². The zero-order valence-electron chi connectivity index (χ0n) is 11.6. The van der Waals surface area contributed by atoms with E-state index in [1.807, 2.05) is 32.2 Å². The maximum atomic E-state index is 11.4. The first kappa shape index (κ1) is 17.6. The highest BCUT2D eigenvalue weighted by atomic mass is 32.1. The van der Waals surface area contributed by atoms with Gasteiger partial charge in [0.2, 0.25) is 0 Å². The van der Waals surface area contributed by atoms with E-state index in [2.05, 4.69) is 0 Å². The van der Waals surface area contributed by atoms with Crippen molar-refractivity contribution in [1.29, 1.82) is 0 Å². The number of carboxylic acid groups (broad SMARTS) is 1. The van der Waals surface area contributed by atoms with Crippen molar-refractivity contribution in [2.75, 3.05) is 13.2 Å². The largest absolute Gasteiger partial charge is 0.481 e. The molecule has 0 saturated heterocycles. The van der Waals surface area contributed by atoms with Gasteiger partial charge in [0, 0.05) is 6.92 Å². The number of rotatable bonds is 4. The lowest BCUT2D eigenvalue weighted by atomic mass is 10.2. The van der Waals surface area contributed by atoms with Gasteiger partial charge in [0.25, 0.3) is 5.97 Å². The monoisotopic (exact) mass is 288 g/mol. The van der Waals surface area contributed by atoms with Crippen molar-refractivity contribution in [3.63, 3.8) is 0 Å². The van der Waals surface area contributed by atoms with Crippen LogP contribution in [0.5, 0.6) is 0 Å². The molecular weight excluding hydrogens is 268 g/mol. The van der Waals surface area contributed by atoms with Crippen LogP contribution in [0.1, 0.15) is 37.4 Å². The molecule has 0 bridgehead atoms. The van der Waals surface area contributed by atoms with E-state index in [1.165, 1.54) is 11.3 Å². The highest BCUT2D eigenvalue weighted by Gasteiger charge is 2.11. The van der Waals surface area contributed by atoms with Gasteiger partial charge in [-0.1, -0.05) is 6.07 Å². The van der Waals surface area contributed by atoms with E-state index in [1.54, 1.807) is 6.07 Å². The summed E-state index contributed by atoms with van der Waals surface area (Å²) in [7, 11) is 0. The van der Waals surface area contributed by atoms with Crippen molar-refractivity contribution in [3.8, 4) is 0 Å². The molecule has 0 atom stereocenters. The summed E-state index contributed by atoms with van der Waals surface area (Å²) in [5.41, 5.74) is -0.185. The summed E-state index contributed by atoms with van der Waals surface area (Å²) in [6.07, 6.45) is 0. The van der Waals surface area contributed by atoms with E-state index in [4.69, 9.17) is 19.4 Å². The summed E-state index contributed by atoms with van der Waals surface area (Å²) in [5, 5.41) is 9.27. The van der Waals surface area contributed by atoms with E-state index in [-0.39, 0.29) is 11.6 Å². The Morgan fingerprint density at radius 1 is 1.32 bits per heavy atom. The van der Waals surface area contributed by atoms with Crippen LogP contribution < -0.4 is 0 Å². The first-order chi connectivity index (χ1) is 8.72. The van der Waals surface area contributed by atoms with Crippen LogP contribution in [0.25, 0.3) is 0 Å². The van der Waals surface area contributed by atoms with Crippen LogP contribution in [-0.4, -0.2) is 35.9 Å². The van der Waals surface area contributed by atoms with Crippen LogP contribution in [0.15, 0.2) is 17.5 Å². The van der Waals surface area contributed by atoms with Crippen molar-refractivity contribution < 1.29 is 24.2 Å². The van der Waals surface area contributed by atoms with Gasteiger partial charge in [0.15, 0.2) is 0 Å². The van der Waals surface area contributed by atoms with Gasteiger partial charge in [0.05, 0.1) is 12.2 Å². The van der Waals surface area contributed by atoms with Gasteiger partial charge in [-0.2, -0.15) is 0 Å². The summed E-state index contributed by atoms with van der Waals surface area (Å²) in [4.78, 5) is 21.0. The van der Waals surface area contributed by atoms with Gasteiger partial charge in [0.1, 0.15) is 11.5 Å². The molecule has 1 rings (SSSR count). The standard InChI is InChI=1S/C11H16O3S.C2H4O2/c1-11(2,3)14-7-6-13-10(12)9-5-4-8-15-9;1-2(3)4/h4-5,8H,6-7H2,1-3H3;1H3,(H,3,4). The number of esters is 1. The van der Waals surface area contributed by atoms with E-state index in [0.29, 0.717) is 18.1 Å². The number of aliphatic carboxylic acids is 1. The molecule has 0 spiro atoms. The number of carbonyl (C=O) groups excluding carboxylic acids is 1. The molecule has 0 aliphatic rings.